The molecule has 0 aliphatic rings. The fraction of sp³-hybridized carbons (Fsp3) is 0.267. The molecule has 0 fully saturated rings. The molecule has 2 rings (SSSR count). The molecule has 2 N–H and O–H groups in total. The molecule has 1 heterocycles. The molecule has 1 unspecified atom stereocenters. The maximum absolute atomic E-state index is 11.5. The second-order valence-corrected chi connectivity index (χ2v) is 4.41. The number of nitrogens with one attached hydrogen (secondary N) is 1. The van der Waals surface area contributed by atoms with Crippen LogP contribution < -0.4 is 5.32 Å². The quantitative estimate of drug-likeness (QED) is 0.879. The zero-order valence-corrected chi connectivity index (χ0v) is 11.2. The van der Waals surface area contributed by atoms with Gasteiger partial charge in [-0.1, -0.05) is 30.3 Å². The Hall–Kier alpha value is -2.27. The summed E-state index contributed by atoms with van der Waals surface area (Å²) in [7, 11) is 0. The van der Waals surface area contributed by atoms with Gasteiger partial charge in [-0.25, -0.2) is 4.79 Å². The first-order chi connectivity index (χ1) is 9.65. The smallest absolute Gasteiger partial charge is 0.407 e. The normalized spacial score (nSPS) is 11.9. The van der Waals surface area contributed by atoms with E-state index in [1.54, 1.807) is 19.1 Å². The highest BCUT2D eigenvalue weighted by Crippen LogP contribution is 2.15. The Morgan fingerprint density at radius 1 is 1.30 bits per heavy atom. The topological polar surface area (TPSA) is 71.7 Å². The monoisotopic (exact) mass is 275 g/mol. The zero-order valence-electron chi connectivity index (χ0n) is 11.2. The van der Waals surface area contributed by atoms with Crippen LogP contribution in [0.1, 0.15) is 23.2 Å². The third-order valence-electron chi connectivity index (χ3n) is 2.74. The minimum atomic E-state index is -0.882. The third-order valence-corrected chi connectivity index (χ3v) is 2.74. The van der Waals surface area contributed by atoms with Crippen molar-refractivity contribution in [2.45, 2.75) is 19.6 Å². The van der Waals surface area contributed by atoms with Gasteiger partial charge >= 0.3 is 6.09 Å². The number of hydrogen-bond acceptors (Lipinski definition) is 4. The number of furan rings is 1. The molecule has 1 aromatic heterocycles. The van der Waals surface area contributed by atoms with E-state index in [1.807, 2.05) is 30.3 Å². The van der Waals surface area contributed by atoms with Crippen LogP contribution in [-0.4, -0.2) is 17.7 Å². The van der Waals surface area contributed by atoms with E-state index in [9.17, 15) is 9.90 Å². The maximum Gasteiger partial charge on any atom is 0.407 e. The summed E-state index contributed by atoms with van der Waals surface area (Å²) in [5, 5.41) is 12.3. The Kier molecular flexibility index (Phi) is 4.79. The molecular formula is C15H17NO4. The Morgan fingerprint density at radius 2 is 2.05 bits per heavy atom. The lowest BCUT2D eigenvalue weighted by Crippen LogP contribution is -2.28. The van der Waals surface area contributed by atoms with E-state index in [4.69, 9.17) is 9.15 Å². The number of alkyl carbamates (subject to hydrolysis) is 1. The number of benzene rings is 1. The van der Waals surface area contributed by atoms with Gasteiger partial charge in [-0.2, -0.15) is 0 Å². The summed E-state index contributed by atoms with van der Waals surface area (Å²) in [6.45, 7) is 2.03. The molecule has 1 amide bonds. The lowest BCUT2D eigenvalue weighted by Gasteiger charge is -2.10. The van der Waals surface area contributed by atoms with Crippen LogP contribution in [0.3, 0.4) is 0 Å². The Balaban J connectivity index is 1.72. The summed E-state index contributed by atoms with van der Waals surface area (Å²) in [6.07, 6.45) is -1.45. The molecule has 5 heteroatoms. The van der Waals surface area contributed by atoms with E-state index in [1.165, 1.54) is 0 Å². The first-order valence-corrected chi connectivity index (χ1v) is 6.34. The molecule has 20 heavy (non-hydrogen) atoms. The summed E-state index contributed by atoms with van der Waals surface area (Å²) < 4.78 is 10.3. The maximum atomic E-state index is 11.5. The lowest BCUT2D eigenvalue weighted by molar-refractivity contribution is 0.118. The number of ether oxygens (including phenoxy) is 1. The van der Waals surface area contributed by atoms with Gasteiger partial charge < -0.3 is 19.6 Å². The molecule has 0 radical (unpaired) electrons. The summed E-state index contributed by atoms with van der Waals surface area (Å²) >= 11 is 0. The van der Waals surface area contributed by atoms with Crippen molar-refractivity contribution < 1.29 is 19.1 Å². The van der Waals surface area contributed by atoms with Gasteiger partial charge in [0.15, 0.2) is 0 Å². The van der Waals surface area contributed by atoms with E-state index in [0.717, 1.165) is 5.56 Å². The minimum absolute atomic E-state index is 0.0422. The summed E-state index contributed by atoms with van der Waals surface area (Å²) in [4.78, 5) is 11.5. The van der Waals surface area contributed by atoms with E-state index in [0.29, 0.717) is 11.5 Å². The highest BCUT2D eigenvalue weighted by atomic mass is 16.5. The fourth-order valence-electron chi connectivity index (χ4n) is 1.69. The van der Waals surface area contributed by atoms with Gasteiger partial charge in [-0.15, -0.1) is 0 Å². The van der Waals surface area contributed by atoms with Crippen LogP contribution in [0, 0.1) is 6.92 Å². The van der Waals surface area contributed by atoms with Crippen LogP contribution in [0.5, 0.6) is 0 Å². The highest BCUT2D eigenvalue weighted by molar-refractivity contribution is 5.67. The number of rotatable bonds is 5. The predicted molar refractivity (Wildman–Crippen MR) is 73.0 cm³/mol. The van der Waals surface area contributed by atoms with Crippen LogP contribution in [0.25, 0.3) is 0 Å². The van der Waals surface area contributed by atoms with Crippen LogP contribution >= 0.6 is 0 Å². The van der Waals surface area contributed by atoms with Crippen LogP contribution in [0.4, 0.5) is 4.79 Å². The molecule has 2 aromatic rings. The summed E-state index contributed by atoms with van der Waals surface area (Å²) in [5.74, 6) is 1.14. The first kappa shape index (κ1) is 14.1. The molecule has 0 aliphatic heterocycles. The van der Waals surface area contributed by atoms with Crippen molar-refractivity contribution in [1.82, 2.24) is 5.32 Å². The Morgan fingerprint density at radius 3 is 2.70 bits per heavy atom. The van der Waals surface area contributed by atoms with E-state index in [2.05, 4.69) is 5.32 Å². The summed E-state index contributed by atoms with van der Waals surface area (Å²) in [6, 6.07) is 12.8. The third kappa shape index (κ3) is 4.13. The van der Waals surface area contributed by atoms with Crippen molar-refractivity contribution in [1.29, 1.82) is 0 Å². The van der Waals surface area contributed by atoms with Gasteiger partial charge in [0.25, 0.3) is 0 Å². The van der Waals surface area contributed by atoms with Gasteiger partial charge in [0.05, 0.1) is 6.54 Å². The number of carbonyl (C=O) groups excluding carboxylic acids is 1. The molecule has 5 nitrogen and oxygen atoms in total. The van der Waals surface area contributed by atoms with Crippen molar-refractivity contribution in [3.63, 3.8) is 0 Å². The molecule has 1 atom stereocenters. The zero-order chi connectivity index (χ0) is 14.4. The largest absolute Gasteiger partial charge is 0.464 e. The van der Waals surface area contributed by atoms with Gasteiger partial charge in [0.2, 0.25) is 0 Å². The average Bonchev–Trinajstić information content (AvgIpc) is 2.90. The number of amides is 1. The Labute approximate surface area is 117 Å². The number of hydrogen-bond donors (Lipinski definition) is 2. The SMILES string of the molecule is Cc1ccc(C(O)CNC(=O)OCc2ccccc2)o1. The molecule has 0 spiro atoms. The van der Waals surface area contributed by atoms with Crippen molar-refractivity contribution in [3.8, 4) is 0 Å². The molecule has 0 aliphatic carbocycles. The van der Waals surface area contributed by atoms with Gasteiger partial charge in [-0.05, 0) is 24.6 Å². The van der Waals surface area contributed by atoms with Gasteiger partial charge in [0.1, 0.15) is 24.2 Å². The lowest BCUT2D eigenvalue weighted by atomic mass is 10.2. The van der Waals surface area contributed by atoms with Crippen molar-refractivity contribution >= 4 is 6.09 Å². The van der Waals surface area contributed by atoms with E-state index < -0.39 is 12.2 Å². The van der Waals surface area contributed by atoms with Crippen molar-refractivity contribution in [2.24, 2.45) is 0 Å². The molecule has 0 saturated carbocycles. The Bertz CT molecular complexity index is 550. The number of aliphatic hydroxyl groups excluding tert-OH is 1. The van der Waals surface area contributed by atoms with Gasteiger partial charge in [0, 0.05) is 0 Å². The first-order valence-electron chi connectivity index (χ1n) is 6.34. The van der Waals surface area contributed by atoms with Crippen molar-refractivity contribution in [2.75, 3.05) is 6.54 Å². The second kappa shape index (κ2) is 6.77. The standard InChI is InChI=1S/C15H17NO4/c1-11-7-8-14(20-11)13(17)9-16-15(18)19-10-12-5-3-2-4-6-12/h2-8,13,17H,9-10H2,1H3,(H,16,18). The van der Waals surface area contributed by atoms with Gasteiger partial charge in [-0.3, -0.25) is 0 Å². The van der Waals surface area contributed by atoms with Crippen LogP contribution in [-0.2, 0) is 11.3 Å². The van der Waals surface area contributed by atoms with E-state index in [-0.39, 0.29) is 13.2 Å². The predicted octanol–water partition coefficient (Wildman–Crippen LogP) is 2.55. The average molecular weight is 275 g/mol. The molecule has 1 aromatic carbocycles. The number of carbonyl (C=O) groups is 1. The molecule has 0 bridgehead atoms. The molecular weight excluding hydrogens is 258 g/mol. The molecule has 106 valence electrons. The van der Waals surface area contributed by atoms with Crippen molar-refractivity contribution in [3.05, 3.63) is 59.5 Å². The highest BCUT2D eigenvalue weighted by Gasteiger charge is 2.13. The number of aryl methyl sites for hydroxylation is 1. The summed E-state index contributed by atoms with van der Waals surface area (Å²) in [5.41, 5.74) is 0.907. The molecule has 0 saturated heterocycles. The minimum Gasteiger partial charge on any atom is -0.464 e. The van der Waals surface area contributed by atoms with Crippen LogP contribution in [0.15, 0.2) is 46.9 Å². The number of aliphatic hydroxyl groups is 1. The fourth-order valence-corrected chi connectivity index (χ4v) is 1.69. The van der Waals surface area contributed by atoms with E-state index >= 15 is 0 Å². The second-order valence-electron chi connectivity index (χ2n) is 4.41. The van der Waals surface area contributed by atoms with Crippen LogP contribution in [0.2, 0.25) is 0 Å².